The van der Waals surface area contributed by atoms with Crippen LogP contribution in [-0.2, 0) is 9.47 Å². The van der Waals surface area contributed by atoms with Crippen LogP contribution < -0.4 is 5.32 Å². The third-order valence-electron chi connectivity index (χ3n) is 2.06. The average Bonchev–Trinajstić information content (AvgIpc) is 2.52. The Morgan fingerprint density at radius 1 is 1.64 bits per heavy atom. The second-order valence-corrected chi connectivity index (χ2v) is 3.33. The Morgan fingerprint density at radius 3 is 3.00 bits per heavy atom. The quantitative estimate of drug-likeness (QED) is 0.644. The van der Waals surface area contributed by atoms with Crippen LogP contribution in [0.5, 0.6) is 0 Å². The van der Waals surface area contributed by atoms with E-state index in [1.54, 1.807) is 0 Å². The highest BCUT2D eigenvalue weighted by Crippen LogP contribution is 2.09. The molecule has 5 nitrogen and oxygen atoms in total. The molecule has 0 radical (unpaired) electrons. The largest absolute Gasteiger partial charge is 0.441 e. The molecule has 2 atom stereocenters. The molecule has 0 aliphatic carbocycles. The van der Waals surface area contributed by atoms with Gasteiger partial charge >= 0.3 is 6.09 Å². The molecule has 0 aromatic rings. The van der Waals surface area contributed by atoms with Crippen LogP contribution >= 0.6 is 0 Å². The molecule has 1 fully saturated rings. The van der Waals surface area contributed by atoms with E-state index in [2.05, 4.69) is 5.32 Å². The maximum atomic E-state index is 11.1. The number of rotatable bonds is 4. The number of hydrogen-bond donors (Lipinski definition) is 2. The maximum absolute atomic E-state index is 11.1. The van der Waals surface area contributed by atoms with Gasteiger partial charge in [-0.3, -0.25) is 0 Å². The molecular weight excluding hydrogens is 186 g/mol. The molecule has 82 valence electrons. The van der Waals surface area contributed by atoms with Crippen LogP contribution in [0.3, 0.4) is 0 Å². The summed E-state index contributed by atoms with van der Waals surface area (Å²) in [7, 11) is 0. The summed E-state index contributed by atoms with van der Waals surface area (Å²) >= 11 is 0. The van der Waals surface area contributed by atoms with Crippen LogP contribution in [0.1, 0.15) is 19.8 Å². The molecule has 1 saturated heterocycles. The molecule has 0 aromatic heterocycles. The molecule has 0 spiro atoms. The Kier molecular flexibility index (Phi) is 4.69. The van der Waals surface area contributed by atoms with Gasteiger partial charge in [0.2, 0.25) is 0 Å². The second-order valence-electron chi connectivity index (χ2n) is 3.33. The molecule has 0 unspecified atom stereocenters. The highest BCUT2D eigenvalue weighted by atomic mass is 16.6. The van der Waals surface area contributed by atoms with E-state index in [0.29, 0.717) is 6.54 Å². The number of carbonyl (C=O) groups excluding carboxylic acids is 1. The van der Waals surface area contributed by atoms with Crippen molar-refractivity contribution in [1.29, 1.82) is 0 Å². The van der Waals surface area contributed by atoms with Crippen LogP contribution in [0.25, 0.3) is 0 Å². The third-order valence-corrected chi connectivity index (χ3v) is 2.06. The van der Waals surface area contributed by atoms with E-state index in [-0.39, 0.29) is 13.2 Å². The normalized spacial score (nSPS) is 26.1. The molecule has 1 aliphatic heterocycles. The third kappa shape index (κ3) is 3.51. The minimum absolute atomic E-state index is 0.243. The number of aliphatic hydroxyl groups is 1. The molecule has 2 N–H and O–H groups in total. The van der Waals surface area contributed by atoms with Crippen molar-refractivity contribution in [2.24, 2.45) is 0 Å². The zero-order valence-electron chi connectivity index (χ0n) is 8.36. The number of nitrogens with one attached hydrogen (secondary N) is 1. The molecule has 0 aromatic carbocycles. The van der Waals surface area contributed by atoms with Crippen molar-refractivity contribution in [3.05, 3.63) is 0 Å². The Bertz CT molecular complexity index is 186. The van der Waals surface area contributed by atoms with E-state index in [1.807, 2.05) is 6.92 Å². The van der Waals surface area contributed by atoms with Crippen molar-refractivity contribution >= 4 is 6.09 Å². The van der Waals surface area contributed by atoms with E-state index in [0.717, 1.165) is 12.8 Å². The van der Waals surface area contributed by atoms with E-state index >= 15 is 0 Å². The van der Waals surface area contributed by atoms with Crippen LogP contribution in [0.15, 0.2) is 0 Å². The Balaban J connectivity index is 2.13. The van der Waals surface area contributed by atoms with Gasteiger partial charge in [0.05, 0.1) is 13.2 Å². The summed E-state index contributed by atoms with van der Waals surface area (Å²) in [4.78, 5) is 11.1. The van der Waals surface area contributed by atoms with Gasteiger partial charge in [-0.05, 0) is 6.42 Å². The molecule has 5 heteroatoms. The van der Waals surface area contributed by atoms with Crippen molar-refractivity contribution in [3.8, 4) is 0 Å². The average molecular weight is 203 g/mol. The fourth-order valence-electron chi connectivity index (χ4n) is 1.18. The molecule has 14 heavy (non-hydrogen) atoms. The predicted octanol–water partition coefficient (Wildman–Crippen LogP) is 0.272. The lowest BCUT2D eigenvalue weighted by atomic mass is 10.3. The summed E-state index contributed by atoms with van der Waals surface area (Å²) < 4.78 is 9.89. The van der Waals surface area contributed by atoms with Gasteiger partial charge < -0.3 is 19.9 Å². The Labute approximate surface area is 83.4 Å². The summed E-state index contributed by atoms with van der Waals surface area (Å²) in [6.07, 6.45) is 0.269. The van der Waals surface area contributed by atoms with Gasteiger partial charge in [0.1, 0.15) is 6.10 Å². The van der Waals surface area contributed by atoms with Gasteiger partial charge in [-0.25, -0.2) is 4.79 Å². The summed E-state index contributed by atoms with van der Waals surface area (Å²) in [6, 6.07) is 0. The van der Waals surface area contributed by atoms with Crippen molar-refractivity contribution < 1.29 is 19.4 Å². The molecule has 0 saturated carbocycles. The molecule has 0 bridgehead atoms. The summed E-state index contributed by atoms with van der Waals surface area (Å²) in [6.45, 7) is 3.18. The van der Waals surface area contributed by atoms with Crippen molar-refractivity contribution in [3.63, 3.8) is 0 Å². The van der Waals surface area contributed by atoms with Gasteiger partial charge in [-0.1, -0.05) is 13.3 Å². The first-order valence-corrected chi connectivity index (χ1v) is 4.94. The minimum atomic E-state index is -0.688. The zero-order chi connectivity index (χ0) is 10.4. The van der Waals surface area contributed by atoms with E-state index in [4.69, 9.17) is 9.47 Å². The van der Waals surface area contributed by atoms with Gasteiger partial charge in [0.25, 0.3) is 0 Å². The number of aliphatic hydroxyl groups excluding tert-OH is 1. The second kappa shape index (κ2) is 5.82. The first-order valence-electron chi connectivity index (χ1n) is 4.94. The molecular formula is C9H17NO4. The van der Waals surface area contributed by atoms with Crippen LogP contribution in [0.4, 0.5) is 4.79 Å². The number of carbonyl (C=O) groups is 1. The lowest BCUT2D eigenvalue weighted by Crippen LogP contribution is -2.35. The van der Waals surface area contributed by atoms with Crippen LogP contribution in [-0.4, -0.2) is 43.2 Å². The van der Waals surface area contributed by atoms with Crippen LogP contribution in [0, 0.1) is 0 Å². The summed E-state index contributed by atoms with van der Waals surface area (Å²) in [5, 5.41) is 11.9. The first-order chi connectivity index (χ1) is 6.74. The first kappa shape index (κ1) is 11.3. The van der Waals surface area contributed by atoms with E-state index in [1.165, 1.54) is 0 Å². The van der Waals surface area contributed by atoms with Crippen molar-refractivity contribution in [2.45, 2.75) is 32.0 Å². The van der Waals surface area contributed by atoms with Crippen molar-refractivity contribution in [1.82, 2.24) is 5.32 Å². The van der Waals surface area contributed by atoms with Gasteiger partial charge in [-0.15, -0.1) is 0 Å². The number of amides is 1. The number of alkyl carbamates (subject to hydrolysis) is 1. The van der Waals surface area contributed by atoms with E-state index < -0.39 is 18.3 Å². The van der Waals surface area contributed by atoms with E-state index in [9.17, 15) is 9.90 Å². The Hall–Kier alpha value is -0.810. The lowest BCUT2D eigenvalue weighted by molar-refractivity contribution is 0.0326. The fraction of sp³-hybridized carbons (Fsp3) is 0.889. The Morgan fingerprint density at radius 2 is 2.43 bits per heavy atom. The highest BCUT2D eigenvalue weighted by Gasteiger charge is 2.29. The number of unbranched alkanes of at least 4 members (excludes halogenated alkanes) is 1. The number of hydrogen-bond acceptors (Lipinski definition) is 4. The topological polar surface area (TPSA) is 67.8 Å². The molecule has 1 heterocycles. The highest BCUT2D eigenvalue weighted by molar-refractivity contribution is 5.67. The predicted molar refractivity (Wildman–Crippen MR) is 50.0 cm³/mol. The lowest BCUT2D eigenvalue weighted by Gasteiger charge is -2.13. The van der Waals surface area contributed by atoms with Crippen molar-refractivity contribution in [2.75, 3.05) is 19.8 Å². The monoisotopic (exact) mass is 203 g/mol. The van der Waals surface area contributed by atoms with Gasteiger partial charge in [0.15, 0.2) is 6.10 Å². The zero-order valence-corrected chi connectivity index (χ0v) is 8.36. The SMILES string of the molecule is CCCCNC(=O)O[C@H]1COC[C@@H]1O. The number of ether oxygens (including phenoxy) is 2. The smallest absolute Gasteiger partial charge is 0.407 e. The summed E-state index contributed by atoms with van der Waals surface area (Å²) in [5.74, 6) is 0. The molecule has 1 rings (SSSR count). The fourth-order valence-corrected chi connectivity index (χ4v) is 1.18. The minimum Gasteiger partial charge on any atom is -0.441 e. The summed E-state index contributed by atoms with van der Waals surface area (Å²) in [5.41, 5.74) is 0. The maximum Gasteiger partial charge on any atom is 0.407 e. The molecule has 1 aliphatic rings. The van der Waals surface area contributed by atoms with Gasteiger partial charge in [-0.2, -0.15) is 0 Å². The van der Waals surface area contributed by atoms with Gasteiger partial charge in [0, 0.05) is 6.54 Å². The van der Waals surface area contributed by atoms with Crippen LogP contribution in [0.2, 0.25) is 0 Å². The standard InChI is InChI=1S/C9H17NO4/c1-2-3-4-10-9(12)14-8-6-13-5-7(8)11/h7-8,11H,2-6H2,1H3,(H,10,12)/t7-,8-/m0/s1. The molecule has 1 amide bonds.